The average molecular weight is 652 g/mol. The van der Waals surface area contributed by atoms with Gasteiger partial charge in [0.25, 0.3) is 0 Å². The van der Waals surface area contributed by atoms with Gasteiger partial charge in [0.15, 0.2) is 0 Å². The highest BCUT2D eigenvalue weighted by Gasteiger charge is 1.98. The quantitative estimate of drug-likeness (QED) is 0.0685. The van der Waals surface area contributed by atoms with Crippen LogP contribution in [0, 0.1) is 0 Å². The Morgan fingerprint density at radius 2 is 0.638 bits per heavy atom. The molecule has 0 atom stereocenters. The van der Waals surface area contributed by atoms with Gasteiger partial charge in [-0.3, -0.25) is 0 Å². The lowest BCUT2D eigenvalue weighted by atomic mass is 10.0. The molecule has 1 nitrogen and oxygen atoms in total. The maximum atomic E-state index is 3.44. The second-order valence-electron chi connectivity index (χ2n) is 15.0. The van der Waals surface area contributed by atoms with Crippen molar-refractivity contribution in [1.29, 1.82) is 0 Å². The molecule has 274 valence electrons. The van der Waals surface area contributed by atoms with Gasteiger partial charge < -0.3 is 4.98 Å². The molecule has 1 heteroatoms. The van der Waals surface area contributed by atoms with E-state index in [-0.39, 0.29) is 0 Å². The van der Waals surface area contributed by atoms with Crippen LogP contribution in [0.1, 0.15) is 256 Å². The molecule has 47 heavy (non-hydrogen) atoms. The Morgan fingerprint density at radius 3 is 0.957 bits per heavy atom. The summed E-state index contributed by atoms with van der Waals surface area (Å²) in [5.74, 6) is 0. The van der Waals surface area contributed by atoms with Crippen molar-refractivity contribution in [2.75, 3.05) is 0 Å². The Morgan fingerprint density at radius 1 is 0.362 bits per heavy atom. The molecule has 1 N–H and O–H groups in total. The van der Waals surface area contributed by atoms with Crippen molar-refractivity contribution in [2.24, 2.45) is 0 Å². The minimum atomic E-state index is 1.21. The van der Waals surface area contributed by atoms with Gasteiger partial charge in [-0.15, -0.1) is 0 Å². The summed E-state index contributed by atoms with van der Waals surface area (Å²) in [4.78, 5) is 3.44. The minimum absolute atomic E-state index is 1.21. The maximum Gasteiger partial charge on any atom is 0.0450 e. The van der Waals surface area contributed by atoms with Crippen molar-refractivity contribution in [3.05, 3.63) is 35.7 Å². The highest BCUT2D eigenvalue weighted by atomic mass is 14.7. The Bertz CT molecular complexity index is 707. The van der Waals surface area contributed by atoms with Crippen molar-refractivity contribution in [3.8, 4) is 0 Å². The summed E-state index contributed by atoms with van der Waals surface area (Å²) in [5.41, 5.74) is 2.62. The third-order valence-electron chi connectivity index (χ3n) is 10.3. The molecule has 0 fully saturated rings. The number of allylic oxidation sites excluding steroid dienone is 2. The number of H-pyrrole nitrogens is 1. The molecule has 0 aromatic carbocycles. The van der Waals surface area contributed by atoms with E-state index < -0.39 is 0 Å². The van der Waals surface area contributed by atoms with Gasteiger partial charge >= 0.3 is 0 Å². The predicted molar refractivity (Wildman–Crippen MR) is 216 cm³/mol. The fraction of sp³-hybridized carbons (Fsp3) is 0.826. The van der Waals surface area contributed by atoms with Gasteiger partial charge in [0.05, 0.1) is 0 Å². The topological polar surface area (TPSA) is 15.8 Å². The number of nitrogens with one attached hydrogen (secondary N) is 1. The van der Waals surface area contributed by atoms with Crippen molar-refractivity contribution >= 4 is 12.2 Å². The van der Waals surface area contributed by atoms with Gasteiger partial charge in [0, 0.05) is 11.9 Å². The molecule has 0 bridgehead atoms. The van der Waals surface area contributed by atoms with E-state index in [1.54, 1.807) is 0 Å². The number of aromatic amines is 1. The molecule has 0 aliphatic carbocycles. The SMILES string of the molecule is CCCCCCCCCCCCCCCCCCC/C=C/c1cc[nH]c1/C=C/CCCCCCCCCCCCCCCCCCC. The zero-order valence-electron chi connectivity index (χ0n) is 32.4. The fourth-order valence-corrected chi connectivity index (χ4v) is 7.07. The summed E-state index contributed by atoms with van der Waals surface area (Å²) in [6.07, 6.45) is 62.9. The lowest BCUT2D eigenvalue weighted by Gasteiger charge is -2.03. The average Bonchev–Trinajstić information content (AvgIpc) is 3.53. The summed E-state index contributed by atoms with van der Waals surface area (Å²) in [7, 11) is 0. The molecule has 0 unspecified atom stereocenters. The zero-order valence-corrected chi connectivity index (χ0v) is 32.4. The Hall–Kier alpha value is -1.24. The Kier molecular flexibility index (Phi) is 35.0. The molecular formula is C46H85N. The molecule has 0 radical (unpaired) electrons. The van der Waals surface area contributed by atoms with E-state index in [2.05, 4.69) is 55.4 Å². The normalized spacial score (nSPS) is 12.0. The van der Waals surface area contributed by atoms with E-state index in [1.807, 2.05) is 0 Å². The van der Waals surface area contributed by atoms with Crippen LogP contribution in [-0.4, -0.2) is 4.98 Å². The van der Waals surface area contributed by atoms with Gasteiger partial charge in [-0.1, -0.05) is 238 Å². The first-order valence-electron chi connectivity index (χ1n) is 21.9. The fourth-order valence-electron chi connectivity index (χ4n) is 7.07. The predicted octanol–water partition coefficient (Wildman–Crippen LogP) is 17.1. The lowest BCUT2D eigenvalue weighted by Crippen LogP contribution is -1.84. The molecule has 0 saturated carbocycles. The molecule has 0 aliphatic rings. The van der Waals surface area contributed by atoms with Crippen LogP contribution in [0.25, 0.3) is 12.2 Å². The van der Waals surface area contributed by atoms with Gasteiger partial charge in [0.2, 0.25) is 0 Å². The van der Waals surface area contributed by atoms with E-state index in [0.717, 1.165) is 0 Å². The van der Waals surface area contributed by atoms with E-state index >= 15 is 0 Å². The number of aromatic nitrogens is 1. The molecule has 1 heterocycles. The highest BCUT2D eigenvalue weighted by Crippen LogP contribution is 2.17. The number of unbranched alkanes of at least 4 members (excludes halogenated alkanes) is 34. The largest absolute Gasteiger partial charge is 0.361 e. The first kappa shape index (κ1) is 43.8. The lowest BCUT2D eigenvalue weighted by molar-refractivity contribution is 0.527. The molecule has 1 aromatic heterocycles. The van der Waals surface area contributed by atoms with Crippen LogP contribution in [-0.2, 0) is 0 Å². The summed E-state index contributed by atoms with van der Waals surface area (Å²) >= 11 is 0. The van der Waals surface area contributed by atoms with Crippen molar-refractivity contribution in [1.82, 2.24) is 4.98 Å². The van der Waals surface area contributed by atoms with Crippen LogP contribution in [0.2, 0.25) is 0 Å². The zero-order chi connectivity index (χ0) is 33.6. The number of rotatable bonds is 38. The maximum absolute atomic E-state index is 3.44. The van der Waals surface area contributed by atoms with Crippen LogP contribution in [0.3, 0.4) is 0 Å². The molecule has 0 amide bonds. The van der Waals surface area contributed by atoms with Crippen LogP contribution >= 0.6 is 0 Å². The molecule has 1 aromatic rings. The Balaban J connectivity index is 1.86. The van der Waals surface area contributed by atoms with Gasteiger partial charge in [-0.25, -0.2) is 0 Å². The van der Waals surface area contributed by atoms with Gasteiger partial charge in [-0.05, 0) is 43.4 Å². The summed E-state index contributed by atoms with van der Waals surface area (Å²) in [6, 6.07) is 2.22. The molecule has 0 saturated heterocycles. The monoisotopic (exact) mass is 652 g/mol. The summed E-state index contributed by atoms with van der Waals surface area (Å²) < 4.78 is 0. The van der Waals surface area contributed by atoms with E-state index in [0.29, 0.717) is 0 Å². The summed E-state index contributed by atoms with van der Waals surface area (Å²) in [5, 5.41) is 0. The van der Waals surface area contributed by atoms with Gasteiger partial charge in [-0.2, -0.15) is 0 Å². The standard InChI is InChI=1S/C46H85N/c1-3-5-7-9-11-13-15-17-19-21-23-25-27-29-31-33-35-37-39-41-45-43-44-47-46(45)42-40-38-36-34-32-30-28-26-24-22-20-18-16-14-12-10-8-6-4-2/h39-44,47H,3-38H2,1-2H3/b41-39+,42-40+. The van der Waals surface area contributed by atoms with E-state index in [9.17, 15) is 0 Å². The molecular weight excluding hydrogens is 567 g/mol. The van der Waals surface area contributed by atoms with Crippen molar-refractivity contribution < 1.29 is 0 Å². The number of hydrogen-bond acceptors (Lipinski definition) is 0. The molecule has 0 spiro atoms. The first-order valence-corrected chi connectivity index (χ1v) is 21.9. The van der Waals surface area contributed by atoms with Crippen LogP contribution in [0.5, 0.6) is 0 Å². The first-order chi connectivity index (χ1) is 23.4. The minimum Gasteiger partial charge on any atom is -0.361 e. The smallest absolute Gasteiger partial charge is 0.0450 e. The van der Waals surface area contributed by atoms with Crippen LogP contribution in [0.15, 0.2) is 24.4 Å². The van der Waals surface area contributed by atoms with E-state index in [1.165, 1.54) is 242 Å². The van der Waals surface area contributed by atoms with E-state index in [4.69, 9.17) is 0 Å². The third-order valence-corrected chi connectivity index (χ3v) is 10.3. The molecule has 0 aliphatic heterocycles. The highest BCUT2D eigenvalue weighted by molar-refractivity contribution is 5.62. The van der Waals surface area contributed by atoms with Gasteiger partial charge in [0.1, 0.15) is 0 Å². The number of hydrogen-bond donors (Lipinski definition) is 1. The summed E-state index contributed by atoms with van der Waals surface area (Å²) in [6.45, 7) is 4.61. The van der Waals surface area contributed by atoms with Crippen molar-refractivity contribution in [3.63, 3.8) is 0 Å². The molecule has 1 rings (SSSR count). The van der Waals surface area contributed by atoms with Crippen LogP contribution < -0.4 is 0 Å². The second-order valence-corrected chi connectivity index (χ2v) is 15.0. The second kappa shape index (κ2) is 37.6. The Labute approximate surface area is 297 Å². The third kappa shape index (κ3) is 31.8. The van der Waals surface area contributed by atoms with Crippen molar-refractivity contribution in [2.45, 2.75) is 245 Å². The van der Waals surface area contributed by atoms with Crippen LogP contribution in [0.4, 0.5) is 0 Å².